The van der Waals surface area contributed by atoms with Crippen molar-refractivity contribution in [2.24, 2.45) is 0 Å². The van der Waals surface area contributed by atoms with Crippen molar-refractivity contribution in [1.29, 1.82) is 0 Å². The minimum atomic E-state index is -1.40. The van der Waals surface area contributed by atoms with Gasteiger partial charge in [0.05, 0.1) is 18.3 Å². The topological polar surface area (TPSA) is 184 Å². The molecule has 6 rings (SSSR count). The zero-order chi connectivity index (χ0) is 37.9. The predicted octanol–water partition coefficient (Wildman–Crippen LogP) is 3.02. The van der Waals surface area contributed by atoms with E-state index >= 15 is 0 Å². The van der Waals surface area contributed by atoms with Crippen molar-refractivity contribution < 1.29 is 48.7 Å². The van der Waals surface area contributed by atoms with E-state index in [9.17, 15) is 34.5 Å². The number of aliphatic hydroxyl groups is 2. The zero-order valence-corrected chi connectivity index (χ0v) is 29.9. The fourth-order valence-electron chi connectivity index (χ4n) is 7.97. The van der Waals surface area contributed by atoms with Gasteiger partial charge < -0.3 is 40.2 Å². The fraction of sp³-hybridized carbons (Fsp3) is 0.400. The number of hydrogen-bond acceptors (Lipinski definition) is 11. The number of rotatable bonds is 12. The molecule has 3 aliphatic rings. The third kappa shape index (κ3) is 6.99. The number of aromatic hydroxyl groups is 1. The van der Waals surface area contributed by atoms with Gasteiger partial charge in [0.15, 0.2) is 29.8 Å². The van der Waals surface area contributed by atoms with Crippen LogP contribution in [0.25, 0.3) is 0 Å². The Bertz CT molecular complexity index is 1890. The number of nitrogens with zero attached hydrogens (tertiary/aromatic N) is 1. The lowest BCUT2D eigenvalue weighted by Crippen LogP contribution is -2.73. The number of hydrogen-bond donors (Lipinski definition) is 5. The Labute approximate surface area is 307 Å². The highest BCUT2D eigenvalue weighted by Crippen LogP contribution is 2.63. The summed E-state index contributed by atoms with van der Waals surface area (Å²) in [5, 5.41) is 37.1. The number of ether oxygens (including phenoxy) is 3. The van der Waals surface area contributed by atoms with Crippen LogP contribution in [-0.4, -0.2) is 88.4 Å². The van der Waals surface area contributed by atoms with E-state index in [0.29, 0.717) is 29.7 Å². The number of carbonyl (C=O) groups is 4. The number of amides is 2. The average Bonchev–Trinajstić information content (AvgIpc) is 3.53. The molecule has 2 amide bonds. The number of phenols is 1. The lowest BCUT2D eigenvalue weighted by atomic mass is 9.54. The number of nitrogens with one attached hydrogen (secondary N) is 2. The molecule has 5 N–H and O–H groups in total. The van der Waals surface area contributed by atoms with Crippen LogP contribution in [0.15, 0.2) is 84.6 Å². The maximum Gasteiger partial charge on any atom is 0.312 e. The third-order valence-corrected chi connectivity index (χ3v) is 10.8. The SMILES string of the molecule is Cc1ccc(O)c2c1C13CCN(C)[C@H](C)[C@]1(OC(=O)CCNC(=O)[C@@H](O)c1ccccc1)CC=C(OC(=O)CCNC(=O)[C@@H](O)c1ccccc1)C3O2. The van der Waals surface area contributed by atoms with E-state index in [4.69, 9.17) is 14.2 Å². The second kappa shape index (κ2) is 15.4. The first-order valence-corrected chi connectivity index (χ1v) is 17.7. The van der Waals surface area contributed by atoms with Gasteiger partial charge in [-0.1, -0.05) is 66.7 Å². The molecule has 0 radical (unpaired) electrons. The predicted molar refractivity (Wildman–Crippen MR) is 191 cm³/mol. The van der Waals surface area contributed by atoms with Crippen molar-refractivity contribution in [3.05, 3.63) is 107 Å². The van der Waals surface area contributed by atoms with Gasteiger partial charge in [-0.05, 0) is 62.7 Å². The molecular weight excluding hydrogens is 682 g/mol. The van der Waals surface area contributed by atoms with Crippen LogP contribution in [0.1, 0.15) is 67.1 Å². The van der Waals surface area contributed by atoms with Crippen molar-refractivity contribution >= 4 is 23.8 Å². The summed E-state index contributed by atoms with van der Waals surface area (Å²) < 4.78 is 19.0. The molecule has 3 aromatic rings. The van der Waals surface area contributed by atoms with E-state index in [1.54, 1.807) is 72.8 Å². The van der Waals surface area contributed by atoms with Crippen molar-refractivity contribution in [1.82, 2.24) is 15.5 Å². The summed E-state index contributed by atoms with van der Waals surface area (Å²) in [6.45, 7) is 4.24. The van der Waals surface area contributed by atoms with Gasteiger partial charge in [-0.3, -0.25) is 24.1 Å². The lowest BCUT2D eigenvalue weighted by Gasteiger charge is -2.59. The van der Waals surface area contributed by atoms with E-state index in [2.05, 4.69) is 15.5 Å². The van der Waals surface area contributed by atoms with Gasteiger partial charge in [0.2, 0.25) is 0 Å². The molecule has 1 spiro atoms. The minimum Gasteiger partial charge on any atom is -0.504 e. The summed E-state index contributed by atoms with van der Waals surface area (Å²) in [5.74, 6) is -2.22. The number of piperidine rings is 1. The monoisotopic (exact) mass is 727 g/mol. The number of fused-ring (bicyclic) bond motifs is 1. The smallest absolute Gasteiger partial charge is 0.312 e. The number of benzene rings is 3. The third-order valence-electron chi connectivity index (χ3n) is 10.8. The highest BCUT2D eigenvalue weighted by Gasteiger charge is 2.71. The van der Waals surface area contributed by atoms with Crippen LogP contribution in [0.4, 0.5) is 0 Å². The number of esters is 2. The first-order chi connectivity index (χ1) is 25.4. The molecular formula is C40H45N3O10. The first-order valence-electron chi connectivity index (χ1n) is 17.7. The first kappa shape index (κ1) is 37.5. The van der Waals surface area contributed by atoms with Crippen molar-refractivity contribution in [3.63, 3.8) is 0 Å². The Morgan fingerprint density at radius 2 is 1.45 bits per heavy atom. The maximum absolute atomic E-state index is 13.8. The molecule has 1 fully saturated rings. The molecule has 13 heteroatoms. The summed E-state index contributed by atoms with van der Waals surface area (Å²) in [4.78, 5) is 54.3. The summed E-state index contributed by atoms with van der Waals surface area (Å²) in [7, 11) is 1.93. The van der Waals surface area contributed by atoms with Gasteiger partial charge in [0, 0.05) is 31.1 Å². The molecule has 13 nitrogen and oxygen atoms in total. The molecule has 280 valence electrons. The molecule has 0 aromatic heterocycles. The van der Waals surface area contributed by atoms with Crippen LogP contribution in [0, 0.1) is 6.92 Å². The number of likely N-dealkylation sites (tertiary alicyclic amines) is 1. The van der Waals surface area contributed by atoms with Crippen LogP contribution in [0.2, 0.25) is 0 Å². The number of phenolic OH excluding ortho intramolecular Hbond substituents is 1. The Balaban J connectivity index is 1.21. The minimum absolute atomic E-state index is 0.0805. The van der Waals surface area contributed by atoms with Gasteiger partial charge in [-0.15, -0.1) is 0 Å². The normalized spacial score (nSPS) is 24.2. The molecule has 3 aromatic carbocycles. The zero-order valence-electron chi connectivity index (χ0n) is 29.9. The molecule has 2 aliphatic heterocycles. The standard InChI is InChI=1S/C40H45N3O10/c1-24-14-15-28(44)35-32(24)39-20-23-43(3)25(2)40(39,53-31(46)18-22-42-38(50)34(48)27-12-8-5-9-13-27)19-16-29(36(39)52-35)51-30(45)17-21-41-37(49)33(47)26-10-6-4-7-11-26/h4-16,25,33-34,36,44,47-48H,17-23H2,1-3H3,(H,41,49)(H,42,50)/t25-,33+,34+,36?,39?,40-/m1/s1. The van der Waals surface area contributed by atoms with Crippen molar-refractivity contribution in [2.75, 3.05) is 26.7 Å². The molecule has 2 unspecified atom stereocenters. The summed E-state index contributed by atoms with van der Waals surface area (Å²) in [6.07, 6.45) is -1.90. The van der Waals surface area contributed by atoms with Crippen LogP contribution >= 0.6 is 0 Å². The van der Waals surface area contributed by atoms with Gasteiger partial charge in [-0.25, -0.2) is 0 Å². The molecule has 0 bridgehead atoms. The van der Waals surface area contributed by atoms with E-state index in [0.717, 1.165) is 5.56 Å². The average molecular weight is 728 g/mol. The molecule has 1 aliphatic carbocycles. The summed E-state index contributed by atoms with van der Waals surface area (Å²) in [5.41, 5.74) is -0.0293. The van der Waals surface area contributed by atoms with Crippen LogP contribution in [0.5, 0.6) is 11.5 Å². The van der Waals surface area contributed by atoms with Crippen LogP contribution in [0.3, 0.4) is 0 Å². The Kier molecular flexibility index (Phi) is 10.9. The van der Waals surface area contributed by atoms with Gasteiger partial charge in [0.25, 0.3) is 11.8 Å². The highest BCUT2D eigenvalue weighted by molar-refractivity contribution is 5.83. The Morgan fingerprint density at radius 1 is 0.887 bits per heavy atom. The number of likely N-dealkylation sites (N-methyl/N-ethyl adjacent to an activating group) is 1. The van der Waals surface area contributed by atoms with E-state index in [1.165, 1.54) is 6.07 Å². The van der Waals surface area contributed by atoms with Gasteiger partial charge in [-0.2, -0.15) is 0 Å². The Hall–Kier alpha value is -5.24. The molecule has 1 saturated heterocycles. The highest BCUT2D eigenvalue weighted by atomic mass is 16.6. The number of carbonyl (C=O) groups excluding carboxylic acids is 4. The van der Waals surface area contributed by atoms with E-state index in [1.807, 2.05) is 20.9 Å². The molecule has 6 atom stereocenters. The summed E-state index contributed by atoms with van der Waals surface area (Å²) in [6, 6.07) is 19.8. The van der Waals surface area contributed by atoms with Crippen LogP contribution in [-0.2, 0) is 34.1 Å². The Morgan fingerprint density at radius 3 is 2.04 bits per heavy atom. The fourth-order valence-corrected chi connectivity index (χ4v) is 7.97. The van der Waals surface area contributed by atoms with Crippen molar-refractivity contribution in [2.45, 2.75) is 74.9 Å². The maximum atomic E-state index is 13.8. The van der Waals surface area contributed by atoms with Gasteiger partial charge in [0.1, 0.15) is 11.4 Å². The second-order valence-corrected chi connectivity index (χ2v) is 13.8. The van der Waals surface area contributed by atoms with Crippen LogP contribution < -0.4 is 15.4 Å². The number of aliphatic hydroxyl groups excluding tert-OH is 2. The molecule has 53 heavy (non-hydrogen) atoms. The van der Waals surface area contributed by atoms with Crippen molar-refractivity contribution in [3.8, 4) is 11.5 Å². The van der Waals surface area contributed by atoms with E-state index < -0.39 is 53.1 Å². The summed E-state index contributed by atoms with van der Waals surface area (Å²) >= 11 is 0. The number of aryl methyl sites for hydroxylation is 1. The molecule has 0 saturated carbocycles. The van der Waals surface area contributed by atoms with E-state index in [-0.39, 0.29) is 55.7 Å². The largest absolute Gasteiger partial charge is 0.504 e. The van der Waals surface area contributed by atoms with Gasteiger partial charge >= 0.3 is 11.9 Å². The lowest BCUT2D eigenvalue weighted by molar-refractivity contribution is -0.201. The second-order valence-electron chi connectivity index (χ2n) is 13.8. The molecule has 2 heterocycles. The quantitative estimate of drug-likeness (QED) is 0.173.